The van der Waals surface area contributed by atoms with Crippen molar-refractivity contribution in [1.29, 1.82) is 0 Å². The molecule has 1 atom stereocenters. The minimum atomic E-state index is -1.06. The summed E-state index contributed by atoms with van der Waals surface area (Å²) in [6, 6.07) is -0.589. The molecule has 2 N–H and O–H groups in total. The van der Waals surface area contributed by atoms with Crippen LogP contribution < -0.4 is 5.32 Å². The molecule has 102 valence electrons. The molecule has 0 aromatic heterocycles. The van der Waals surface area contributed by atoms with Gasteiger partial charge in [-0.1, -0.05) is 12.8 Å². The Labute approximate surface area is 106 Å². The van der Waals surface area contributed by atoms with Gasteiger partial charge in [0.1, 0.15) is 12.6 Å². The minimum absolute atomic E-state index is 0.123. The zero-order chi connectivity index (χ0) is 13.7. The number of nitrogens with one attached hydrogen (secondary N) is 1. The summed E-state index contributed by atoms with van der Waals surface area (Å²) in [7, 11) is 1.44. The fourth-order valence-electron chi connectivity index (χ4n) is 2.41. The number of nitrogens with zero attached hydrogens (tertiary/aromatic N) is 1. The van der Waals surface area contributed by atoms with E-state index < -0.39 is 12.0 Å². The number of hydrogen-bond donors (Lipinski definition) is 2. The lowest BCUT2D eigenvalue weighted by Gasteiger charge is -2.27. The molecule has 0 aliphatic heterocycles. The monoisotopic (exact) mass is 256 g/mol. The smallest absolute Gasteiger partial charge is 0.323 e. The van der Waals surface area contributed by atoms with E-state index in [2.05, 4.69) is 5.32 Å². The third-order valence-corrected chi connectivity index (χ3v) is 3.24. The molecule has 6 nitrogen and oxygen atoms in total. The third-order valence-electron chi connectivity index (χ3n) is 3.24. The van der Waals surface area contributed by atoms with Crippen LogP contribution >= 0.6 is 0 Å². The normalized spacial score (nSPS) is 17.2. The Kier molecular flexibility index (Phi) is 5.12. The maximum Gasteiger partial charge on any atom is 0.323 e. The van der Waals surface area contributed by atoms with Crippen LogP contribution in [0.3, 0.4) is 0 Å². The summed E-state index contributed by atoms with van der Waals surface area (Å²) in [4.78, 5) is 35.1. The molecule has 0 spiro atoms. The molecular formula is C12H20N2O4. The van der Waals surface area contributed by atoms with E-state index in [0.29, 0.717) is 0 Å². The largest absolute Gasteiger partial charge is 0.480 e. The van der Waals surface area contributed by atoms with Crippen molar-refractivity contribution in [2.75, 3.05) is 13.6 Å². The molecule has 6 heteroatoms. The van der Waals surface area contributed by atoms with Gasteiger partial charge in [0.05, 0.1) is 0 Å². The predicted octanol–water partition coefficient (Wildman–Crippen LogP) is 0.224. The Bertz CT molecular complexity index is 337. The highest BCUT2D eigenvalue weighted by Crippen LogP contribution is 2.28. The number of hydrogen-bond acceptors (Lipinski definition) is 3. The number of carboxylic acids is 1. The van der Waals surface area contributed by atoms with Crippen molar-refractivity contribution in [3.8, 4) is 0 Å². The SMILES string of the molecule is CC(=O)NC(C(=O)N(C)CC(=O)O)C1CCCC1. The number of carbonyl (C=O) groups excluding carboxylic acids is 2. The second-order valence-electron chi connectivity index (χ2n) is 4.81. The van der Waals surface area contributed by atoms with E-state index in [1.807, 2.05) is 0 Å². The highest BCUT2D eigenvalue weighted by Gasteiger charge is 2.33. The first-order valence-electron chi connectivity index (χ1n) is 6.15. The lowest BCUT2D eigenvalue weighted by molar-refractivity contribution is -0.145. The topological polar surface area (TPSA) is 86.7 Å². The van der Waals surface area contributed by atoms with Crippen molar-refractivity contribution in [1.82, 2.24) is 10.2 Å². The molecule has 1 aliphatic rings. The summed E-state index contributed by atoms with van der Waals surface area (Å²) in [5.41, 5.74) is 0. The quantitative estimate of drug-likeness (QED) is 0.737. The zero-order valence-electron chi connectivity index (χ0n) is 10.8. The highest BCUT2D eigenvalue weighted by atomic mass is 16.4. The summed E-state index contributed by atoms with van der Waals surface area (Å²) >= 11 is 0. The van der Waals surface area contributed by atoms with Gasteiger partial charge in [0.15, 0.2) is 0 Å². The first kappa shape index (κ1) is 14.5. The van der Waals surface area contributed by atoms with Gasteiger partial charge < -0.3 is 15.3 Å². The number of aliphatic carboxylic acids is 1. The van der Waals surface area contributed by atoms with E-state index in [9.17, 15) is 14.4 Å². The Balaban J connectivity index is 2.71. The highest BCUT2D eigenvalue weighted by molar-refractivity contribution is 5.89. The molecule has 0 aromatic carbocycles. The third kappa shape index (κ3) is 4.01. The molecule has 0 saturated heterocycles. The number of likely N-dealkylation sites (N-methyl/N-ethyl adjacent to an activating group) is 1. The van der Waals surface area contributed by atoms with Gasteiger partial charge in [0.25, 0.3) is 0 Å². The van der Waals surface area contributed by atoms with Crippen LogP contribution in [0.5, 0.6) is 0 Å². The fourth-order valence-corrected chi connectivity index (χ4v) is 2.41. The molecule has 1 fully saturated rings. The van der Waals surface area contributed by atoms with Crippen LogP contribution in [0, 0.1) is 5.92 Å². The van der Waals surface area contributed by atoms with Crippen LogP contribution in [0.4, 0.5) is 0 Å². The van der Waals surface area contributed by atoms with Crippen molar-refractivity contribution >= 4 is 17.8 Å². The van der Waals surface area contributed by atoms with Crippen LogP contribution in [-0.4, -0.2) is 47.4 Å². The van der Waals surface area contributed by atoms with Gasteiger partial charge in [-0.3, -0.25) is 14.4 Å². The van der Waals surface area contributed by atoms with Gasteiger partial charge in [-0.05, 0) is 18.8 Å². The van der Waals surface area contributed by atoms with Crippen molar-refractivity contribution in [2.45, 2.75) is 38.6 Å². The predicted molar refractivity (Wildman–Crippen MR) is 64.8 cm³/mol. The Morgan fingerprint density at radius 2 is 1.89 bits per heavy atom. The van der Waals surface area contributed by atoms with Crippen molar-refractivity contribution in [2.24, 2.45) is 5.92 Å². The van der Waals surface area contributed by atoms with Crippen molar-refractivity contribution in [3.05, 3.63) is 0 Å². The summed E-state index contributed by atoms with van der Waals surface area (Å²) in [6.07, 6.45) is 3.91. The number of rotatable bonds is 5. The van der Waals surface area contributed by atoms with Gasteiger partial charge >= 0.3 is 5.97 Å². The standard InChI is InChI=1S/C12H20N2O4/c1-8(15)13-11(9-5-3-4-6-9)12(18)14(2)7-10(16)17/h9,11H,3-7H2,1-2H3,(H,13,15)(H,16,17). The van der Waals surface area contributed by atoms with Gasteiger partial charge in [0.2, 0.25) is 11.8 Å². The van der Waals surface area contributed by atoms with Crippen LogP contribution in [-0.2, 0) is 14.4 Å². The molecule has 0 bridgehead atoms. The van der Waals surface area contributed by atoms with Crippen LogP contribution in [0.1, 0.15) is 32.6 Å². The Morgan fingerprint density at radius 1 is 1.33 bits per heavy atom. The molecule has 1 saturated carbocycles. The van der Waals surface area contributed by atoms with Gasteiger partial charge in [-0.25, -0.2) is 0 Å². The van der Waals surface area contributed by atoms with Crippen LogP contribution in [0.15, 0.2) is 0 Å². The van der Waals surface area contributed by atoms with Gasteiger partial charge in [-0.15, -0.1) is 0 Å². The molecule has 0 heterocycles. The minimum Gasteiger partial charge on any atom is -0.480 e. The second kappa shape index (κ2) is 6.37. The van der Waals surface area contributed by atoms with Gasteiger partial charge in [-0.2, -0.15) is 0 Å². The van der Waals surface area contributed by atoms with Crippen LogP contribution in [0.25, 0.3) is 0 Å². The van der Waals surface area contributed by atoms with E-state index in [1.54, 1.807) is 0 Å². The molecular weight excluding hydrogens is 236 g/mol. The lowest BCUT2D eigenvalue weighted by Crippen LogP contribution is -2.51. The molecule has 1 unspecified atom stereocenters. The van der Waals surface area contributed by atoms with Crippen LogP contribution in [0.2, 0.25) is 0 Å². The Morgan fingerprint density at radius 3 is 2.33 bits per heavy atom. The van der Waals surface area contributed by atoms with Gasteiger partial charge in [0, 0.05) is 14.0 Å². The zero-order valence-corrected chi connectivity index (χ0v) is 10.8. The number of amides is 2. The fraction of sp³-hybridized carbons (Fsp3) is 0.750. The average molecular weight is 256 g/mol. The summed E-state index contributed by atoms with van der Waals surface area (Å²) in [5.74, 6) is -1.51. The first-order chi connectivity index (χ1) is 8.41. The maximum absolute atomic E-state index is 12.1. The molecule has 1 rings (SSSR count). The molecule has 0 aromatic rings. The van der Waals surface area contributed by atoms with E-state index >= 15 is 0 Å². The van der Waals surface area contributed by atoms with Crippen molar-refractivity contribution < 1.29 is 19.5 Å². The summed E-state index contributed by atoms with van der Waals surface area (Å²) in [5, 5.41) is 11.3. The number of carboxylic acid groups (broad SMARTS) is 1. The molecule has 18 heavy (non-hydrogen) atoms. The van der Waals surface area contributed by atoms with E-state index in [-0.39, 0.29) is 24.3 Å². The molecule has 0 radical (unpaired) electrons. The van der Waals surface area contributed by atoms with Crippen molar-refractivity contribution in [3.63, 3.8) is 0 Å². The summed E-state index contributed by atoms with van der Waals surface area (Å²) < 4.78 is 0. The van der Waals surface area contributed by atoms with E-state index in [1.165, 1.54) is 14.0 Å². The lowest BCUT2D eigenvalue weighted by atomic mass is 9.97. The number of carbonyl (C=O) groups is 3. The maximum atomic E-state index is 12.1. The first-order valence-corrected chi connectivity index (χ1v) is 6.15. The van der Waals surface area contributed by atoms with E-state index in [0.717, 1.165) is 30.6 Å². The second-order valence-corrected chi connectivity index (χ2v) is 4.81. The Hall–Kier alpha value is -1.59. The van der Waals surface area contributed by atoms with E-state index in [4.69, 9.17) is 5.11 Å². The average Bonchev–Trinajstić information content (AvgIpc) is 2.76. The molecule has 1 aliphatic carbocycles. The summed E-state index contributed by atoms with van der Waals surface area (Å²) in [6.45, 7) is 1.02. The molecule has 2 amide bonds.